The number of ether oxygens (including phenoxy) is 2. The van der Waals surface area contributed by atoms with E-state index in [1.165, 1.54) is 64.2 Å². The summed E-state index contributed by atoms with van der Waals surface area (Å²) < 4.78 is 12.2. The minimum absolute atomic E-state index is 0.0662. The monoisotopic (exact) mass is 518 g/mol. The van der Waals surface area contributed by atoms with Crippen molar-refractivity contribution in [2.75, 3.05) is 13.2 Å². The smallest absolute Gasteiger partial charge is 0.125 e. The largest absolute Gasteiger partial charge is 0.493 e. The molecule has 2 nitrogen and oxygen atoms in total. The quantitative estimate of drug-likeness (QED) is 0.151. The van der Waals surface area contributed by atoms with Crippen LogP contribution in [0.1, 0.15) is 106 Å². The molecule has 0 radical (unpaired) electrons. The van der Waals surface area contributed by atoms with E-state index in [9.17, 15) is 0 Å². The van der Waals surface area contributed by atoms with Gasteiger partial charge in [0.05, 0.1) is 17.0 Å². The molecular weight excluding hydrogens is 480 g/mol. The standard InChI is InChI=1S/C24H40Br2O2/c1-4-6-8-10-12-14-16-27-22-19-21(24(25)26)23(18-20(22)3)28-17-15-13-11-9-7-5-2/h18-19,24H,4-17H2,1-3H3. The number of hydrogen-bond acceptors (Lipinski definition) is 2. The van der Waals surface area contributed by atoms with E-state index >= 15 is 0 Å². The number of rotatable bonds is 17. The van der Waals surface area contributed by atoms with Crippen molar-refractivity contribution in [1.29, 1.82) is 0 Å². The maximum Gasteiger partial charge on any atom is 0.125 e. The Labute approximate surface area is 190 Å². The van der Waals surface area contributed by atoms with Crippen LogP contribution in [0.5, 0.6) is 11.5 Å². The van der Waals surface area contributed by atoms with Crippen molar-refractivity contribution in [3.05, 3.63) is 23.3 Å². The lowest BCUT2D eigenvalue weighted by atomic mass is 10.1. The minimum atomic E-state index is 0.0662. The maximum atomic E-state index is 6.11. The Hall–Kier alpha value is -0.220. The molecule has 0 saturated carbocycles. The summed E-state index contributed by atoms with van der Waals surface area (Å²) in [6.07, 6.45) is 15.4. The molecule has 0 aliphatic carbocycles. The van der Waals surface area contributed by atoms with E-state index in [1.807, 2.05) is 0 Å². The van der Waals surface area contributed by atoms with Gasteiger partial charge in [-0.25, -0.2) is 0 Å². The molecule has 0 N–H and O–H groups in total. The van der Waals surface area contributed by atoms with Gasteiger partial charge in [-0.1, -0.05) is 110 Å². The molecule has 0 aromatic heterocycles. The summed E-state index contributed by atoms with van der Waals surface area (Å²) in [6, 6.07) is 4.25. The first kappa shape index (κ1) is 25.8. The number of benzene rings is 1. The molecule has 0 bridgehead atoms. The van der Waals surface area contributed by atoms with Crippen LogP contribution in [-0.2, 0) is 0 Å². The number of unbranched alkanes of at least 4 members (excludes halogenated alkanes) is 10. The lowest BCUT2D eigenvalue weighted by molar-refractivity contribution is 0.293. The van der Waals surface area contributed by atoms with Crippen LogP contribution in [0.25, 0.3) is 0 Å². The van der Waals surface area contributed by atoms with E-state index in [4.69, 9.17) is 9.47 Å². The van der Waals surface area contributed by atoms with Gasteiger partial charge in [0.2, 0.25) is 0 Å². The molecule has 162 valence electrons. The van der Waals surface area contributed by atoms with E-state index in [-0.39, 0.29) is 3.74 Å². The van der Waals surface area contributed by atoms with Crippen molar-refractivity contribution in [2.45, 2.75) is 102 Å². The molecule has 0 aliphatic heterocycles. The fourth-order valence-electron chi connectivity index (χ4n) is 3.26. The highest BCUT2D eigenvalue weighted by Gasteiger charge is 2.15. The number of hydrogen-bond donors (Lipinski definition) is 0. The number of halogens is 2. The zero-order chi connectivity index (χ0) is 20.6. The van der Waals surface area contributed by atoms with E-state index in [0.29, 0.717) is 0 Å². The summed E-state index contributed by atoms with van der Waals surface area (Å²) in [6.45, 7) is 8.19. The third kappa shape index (κ3) is 11.1. The molecule has 0 unspecified atom stereocenters. The summed E-state index contributed by atoms with van der Waals surface area (Å²) in [5, 5.41) is 0. The molecule has 28 heavy (non-hydrogen) atoms. The average Bonchev–Trinajstić information content (AvgIpc) is 2.67. The second-order valence-electron chi connectivity index (χ2n) is 7.69. The summed E-state index contributed by atoms with van der Waals surface area (Å²) in [7, 11) is 0. The molecule has 0 spiro atoms. The highest BCUT2D eigenvalue weighted by Crippen LogP contribution is 2.40. The van der Waals surface area contributed by atoms with Gasteiger partial charge in [0.15, 0.2) is 0 Å². The zero-order valence-electron chi connectivity index (χ0n) is 18.2. The lowest BCUT2D eigenvalue weighted by Crippen LogP contribution is -2.04. The highest BCUT2D eigenvalue weighted by molar-refractivity contribution is 9.24. The van der Waals surface area contributed by atoms with Crippen LogP contribution < -0.4 is 9.47 Å². The van der Waals surface area contributed by atoms with Gasteiger partial charge in [-0.3, -0.25) is 0 Å². The molecular formula is C24H40Br2O2. The van der Waals surface area contributed by atoms with Crippen LogP contribution >= 0.6 is 31.9 Å². The fraction of sp³-hybridized carbons (Fsp3) is 0.750. The van der Waals surface area contributed by atoms with Crippen molar-refractivity contribution in [2.24, 2.45) is 0 Å². The topological polar surface area (TPSA) is 18.5 Å². The van der Waals surface area contributed by atoms with Crippen LogP contribution in [-0.4, -0.2) is 13.2 Å². The molecule has 1 aromatic rings. The Morgan fingerprint density at radius 1 is 0.679 bits per heavy atom. The van der Waals surface area contributed by atoms with Crippen molar-refractivity contribution in [1.82, 2.24) is 0 Å². The van der Waals surface area contributed by atoms with E-state index in [1.54, 1.807) is 0 Å². The molecule has 0 fully saturated rings. The van der Waals surface area contributed by atoms with Gasteiger partial charge in [-0.15, -0.1) is 0 Å². The van der Waals surface area contributed by atoms with Crippen molar-refractivity contribution in [3.8, 4) is 11.5 Å². The van der Waals surface area contributed by atoms with Crippen molar-refractivity contribution in [3.63, 3.8) is 0 Å². The predicted octanol–water partition coefficient (Wildman–Crippen LogP) is 9.26. The Morgan fingerprint density at radius 2 is 1.14 bits per heavy atom. The molecule has 0 aliphatic rings. The molecule has 0 saturated heterocycles. The summed E-state index contributed by atoms with van der Waals surface area (Å²) in [5.41, 5.74) is 2.25. The van der Waals surface area contributed by atoms with Gasteiger partial charge < -0.3 is 9.47 Å². The third-order valence-corrected chi connectivity index (χ3v) is 6.04. The van der Waals surface area contributed by atoms with Gasteiger partial charge >= 0.3 is 0 Å². The fourth-order valence-corrected chi connectivity index (χ4v) is 3.97. The van der Waals surface area contributed by atoms with Crippen LogP contribution in [0.3, 0.4) is 0 Å². The van der Waals surface area contributed by atoms with Gasteiger partial charge in [0.1, 0.15) is 11.5 Å². The molecule has 0 heterocycles. The second kappa shape index (κ2) is 16.6. The highest BCUT2D eigenvalue weighted by atomic mass is 79.9. The van der Waals surface area contributed by atoms with Crippen LogP contribution in [0, 0.1) is 6.92 Å². The molecule has 0 atom stereocenters. The first-order valence-corrected chi connectivity index (χ1v) is 13.1. The normalized spacial score (nSPS) is 11.2. The molecule has 1 rings (SSSR count). The number of alkyl halides is 2. The van der Waals surface area contributed by atoms with E-state index < -0.39 is 0 Å². The first-order chi connectivity index (χ1) is 13.6. The Morgan fingerprint density at radius 3 is 1.64 bits per heavy atom. The zero-order valence-corrected chi connectivity index (χ0v) is 21.4. The average molecular weight is 520 g/mol. The first-order valence-electron chi connectivity index (χ1n) is 11.3. The van der Waals surface area contributed by atoms with Crippen molar-refractivity contribution < 1.29 is 9.47 Å². The predicted molar refractivity (Wildman–Crippen MR) is 130 cm³/mol. The maximum absolute atomic E-state index is 6.11. The minimum Gasteiger partial charge on any atom is -0.493 e. The Kier molecular flexibility index (Phi) is 15.3. The second-order valence-corrected chi connectivity index (χ2v) is 10.7. The van der Waals surface area contributed by atoms with E-state index in [0.717, 1.165) is 48.7 Å². The Bertz CT molecular complexity index is 518. The van der Waals surface area contributed by atoms with Gasteiger partial charge in [0.25, 0.3) is 0 Å². The molecule has 4 heteroatoms. The van der Waals surface area contributed by atoms with Gasteiger partial charge in [-0.05, 0) is 37.5 Å². The Balaban J connectivity index is 2.46. The van der Waals surface area contributed by atoms with Crippen LogP contribution in [0.15, 0.2) is 12.1 Å². The molecule has 1 aromatic carbocycles. The van der Waals surface area contributed by atoms with Gasteiger partial charge in [0, 0.05) is 5.56 Å². The summed E-state index contributed by atoms with van der Waals surface area (Å²) >= 11 is 7.28. The third-order valence-electron chi connectivity index (χ3n) is 5.05. The van der Waals surface area contributed by atoms with Crippen LogP contribution in [0.4, 0.5) is 0 Å². The lowest BCUT2D eigenvalue weighted by Gasteiger charge is -2.17. The van der Waals surface area contributed by atoms with Crippen molar-refractivity contribution >= 4 is 31.9 Å². The summed E-state index contributed by atoms with van der Waals surface area (Å²) in [5.74, 6) is 1.93. The SMILES string of the molecule is CCCCCCCCOc1cc(C(Br)Br)c(OCCCCCCCC)cc1C. The van der Waals surface area contributed by atoms with Crippen LogP contribution in [0.2, 0.25) is 0 Å². The van der Waals surface area contributed by atoms with Gasteiger partial charge in [-0.2, -0.15) is 0 Å². The summed E-state index contributed by atoms with van der Waals surface area (Å²) in [4.78, 5) is 0. The van der Waals surface area contributed by atoms with E-state index in [2.05, 4.69) is 64.8 Å². The molecule has 0 amide bonds. The number of aryl methyl sites for hydroxylation is 1.